The summed E-state index contributed by atoms with van der Waals surface area (Å²) in [6.45, 7) is 0. The molecule has 0 fully saturated rings. The molecule has 1 unspecified atom stereocenters. The number of benzene rings is 1. The zero-order valence-electron chi connectivity index (χ0n) is 12.8. The lowest BCUT2D eigenvalue weighted by molar-refractivity contribution is 0.722. The summed E-state index contributed by atoms with van der Waals surface area (Å²) in [5.74, 6) is 0. The number of allylic oxidation sites excluding steroid dienone is 1. The van der Waals surface area contributed by atoms with E-state index < -0.39 is 0 Å². The monoisotopic (exact) mass is 370 g/mol. The normalized spacial score (nSPS) is 17.6. The van der Waals surface area contributed by atoms with Gasteiger partial charge in [0.2, 0.25) is 0 Å². The van der Waals surface area contributed by atoms with Gasteiger partial charge in [0, 0.05) is 21.2 Å². The number of halogens is 1. The molecule has 0 spiro atoms. The first-order chi connectivity index (χ1) is 11.8. The van der Waals surface area contributed by atoms with Crippen LogP contribution in [-0.2, 0) is 0 Å². The fourth-order valence-corrected chi connectivity index (χ4v) is 4.29. The van der Waals surface area contributed by atoms with Crippen molar-refractivity contribution in [1.29, 1.82) is 0 Å². The molecule has 0 bridgehead atoms. The van der Waals surface area contributed by atoms with Gasteiger partial charge in [-0.05, 0) is 59.3 Å². The van der Waals surface area contributed by atoms with E-state index in [-0.39, 0.29) is 6.04 Å². The Hall–Kier alpha value is -1.88. The molecule has 4 rings (SSSR count). The van der Waals surface area contributed by atoms with Crippen molar-refractivity contribution in [2.24, 2.45) is 5.10 Å². The third-order valence-corrected chi connectivity index (χ3v) is 5.94. The van der Waals surface area contributed by atoms with Crippen LogP contribution in [0.3, 0.4) is 0 Å². The first-order valence-electron chi connectivity index (χ1n) is 7.67. The van der Waals surface area contributed by atoms with Gasteiger partial charge >= 0.3 is 0 Å². The maximum absolute atomic E-state index is 6.03. The second-order valence-corrected chi connectivity index (χ2v) is 7.89. The molecule has 0 aliphatic carbocycles. The van der Waals surface area contributed by atoms with Gasteiger partial charge in [-0.3, -0.25) is 5.01 Å². The predicted molar refractivity (Wildman–Crippen MR) is 106 cm³/mol. The molecule has 3 heterocycles. The largest absolute Gasteiger partial charge is 0.257 e. The maximum atomic E-state index is 6.03. The third kappa shape index (κ3) is 3.31. The van der Waals surface area contributed by atoms with Crippen LogP contribution in [0.4, 0.5) is 5.69 Å². The van der Waals surface area contributed by atoms with Gasteiger partial charge < -0.3 is 0 Å². The maximum Gasteiger partial charge on any atom is 0.0923 e. The second-order valence-electron chi connectivity index (χ2n) is 5.50. The summed E-state index contributed by atoms with van der Waals surface area (Å²) in [5.41, 5.74) is 2.16. The van der Waals surface area contributed by atoms with Crippen molar-refractivity contribution in [2.45, 2.75) is 12.5 Å². The minimum absolute atomic E-state index is 0.245. The Bertz CT molecular complexity index is 849. The lowest BCUT2D eigenvalue weighted by atomic mass is 10.1. The standard InChI is InChI=1S/C19H15ClN2S2/c20-14-5-8-16(9-6-14)22-18(19-4-2-12-24-19)13-15(21-22)7-10-17-3-1-11-23-17/h1-12,18H,13H2. The van der Waals surface area contributed by atoms with Crippen LogP contribution in [0.5, 0.6) is 0 Å². The molecule has 1 aromatic carbocycles. The van der Waals surface area contributed by atoms with E-state index in [0.717, 1.165) is 22.8 Å². The van der Waals surface area contributed by atoms with Crippen LogP contribution in [0, 0.1) is 0 Å². The molecule has 1 aliphatic rings. The first kappa shape index (κ1) is 15.6. The number of hydrogen-bond acceptors (Lipinski definition) is 4. The van der Waals surface area contributed by atoms with E-state index in [9.17, 15) is 0 Å². The van der Waals surface area contributed by atoms with Gasteiger partial charge in [0.1, 0.15) is 0 Å². The van der Waals surface area contributed by atoms with E-state index in [1.807, 2.05) is 24.3 Å². The predicted octanol–water partition coefficient (Wildman–Crippen LogP) is 6.48. The molecule has 120 valence electrons. The number of thiophene rings is 2. The molecule has 0 N–H and O–H groups in total. The van der Waals surface area contributed by atoms with Gasteiger partial charge in [-0.15, -0.1) is 22.7 Å². The van der Waals surface area contributed by atoms with Crippen LogP contribution in [0.15, 0.2) is 70.5 Å². The summed E-state index contributed by atoms with van der Waals surface area (Å²) in [7, 11) is 0. The minimum Gasteiger partial charge on any atom is -0.257 e. The van der Waals surface area contributed by atoms with Crippen molar-refractivity contribution in [3.63, 3.8) is 0 Å². The number of nitrogens with zero attached hydrogens (tertiary/aromatic N) is 2. The van der Waals surface area contributed by atoms with Crippen molar-refractivity contribution in [1.82, 2.24) is 0 Å². The van der Waals surface area contributed by atoms with Gasteiger partial charge in [0.05, 0.1) is 17.4 Å². The number of anilines is 1. The lowest BCUT2D eigenvalue weighted by Crippen LogP contribution is -2.17. The summed E-state index contributed by atoms with van der Waals surface area (Å²) in [6.07, 6.45) is 5.17. The topological polar surface area (TPSA) is 15.6 Å². The summed E-state index contributed by atoms with van der Waals surface area (Å²) >= 11 is 9.54. The quantitative estimate of drug-likeness (QED) is 0.512. The van der Waals surface area contributed by atoms with Gasteiger partial charge in [0.15, 0.2) is 0 Å². The lowest BCUT2D eigenvalue weighted by Gasteiger charge is -2.22. The van der Waals surface area contributed by atoms with Crippen LogP contribution < -0.4 is 5.01 Å². The van der Waals surface area contributed by atoms with Crippen molar-refractivity contribution in [3.05, 3.63) is 80.1 Å². The molecule has 24 heavy (non-hydrogen) atoms. The molecular weight excluding hydrogens is 356 g/mol. The Labute approximate surface area is 154 Å². The Balaban J connectivity index is 1.64. The summed E-state index contributed by atoms with van der Waals surface area (Å²) in [5, 5.41) is 11.9. The SMILES string of the molecule is Clc1ccc(N2N=C(C=Cc3cccs3)CC2c2cccs2)cc1. The molecule has 1 atom stereocenters. The highest BCUT2D eigenvalue weighted by molar-refractivity contribution is 7.10. The Morgan fingerprint density at radius 3 is 2.50 bits per heavy atom. The number of hydrogen-bond donors (Lipinski definition) is 0. The van der Waals surface area contributed by atoms with Crippen LogP contribution in [0.2, 0.25) is 5.02 Å². The van der Waals surface area contributed by atoms with Crippen LogP contribution in [-0.4, -0.2) is 5.71 Å². The van der Waals surface area contributed by atoms with E-state index in [1.54, 1.807) is 22.7 Å². The van der Waals surface area contributed by atoms with E-state index in [1.165, 1.54) is 9.75 Å². The first-order valence-corrected chi connectivity index (χ1v) is 9.80. The molecule has 2 nitrogen and oxygen atoms in total. The molecule has 3 aromatic rings. The van der Waals surface area contributed by atoms with Gasteiger partial charge in [-0.25, -0.2) is 0 Å². The number of hydrazone groups is 1. The fraction of sp³-hybridized carbons (Fsp3) is 0.105. The molecule has 0 saturated heterocycles. The van der Waals surface area contributed by atoms with Gasteiger partial charge in [0.25, 0.3) is 0 Å². The molecule has 2 aromatic heterocycles. The van der Waals surface area contributed by atoms with Crippen molar-refractivity contribution in [3.8, 4) is 0 Å². The Kier molecular flexibility index (Phi) is 4.52. The average Bonchev–Trinajstić information content (AvgIpc) is 3.34. The van der Waals surface area contributed by atoms with E-state index in [4.69, 9.17) is 16.7 Å². The van der Waals surface area contributed by atoms with Crippen LogP contribution in [0.1, 0.15) is 22.2 Å². The van der Waals surface area contributed by atoms with Crippen LogP contribution in [0.25, 0.3) is 6.08 Å². The summed E-state index contributed by atoms with van der Waals surface area (Å²) in [4.78, 5) is 2.57. The van der Waals surface area contributed by atoms with E-state index in [2.05, 4.69) is 52.2 Å². The Morgan fingerprint density at radius 2 is 1.79 bits per heavy atom. The molecular formula is C19H15ClN2S2. The van der Waals surface area contributed by atoms with Crippen molar-refractivity contribution < 1.29 is 0 Å². The summed E-state index contributed by atoms with van der Waals surface area (Å²) < 4.78 is 0. The van der Waals surface area contributed by atoms with E-state index in [0.29, 0.717) is 0 Å². The molecule has 0 amide bonds. The Morgan fingerprint density at radius 1 is 1.00 bits per heavy atom. The van der Waals surface area contributed by atoms with Crippen LogP contribution >= 0.6 is 34.3 Å². The zero-order valence-corrected chi connectivity index (χ0v) is 15.2. The minimum atomic E-state index is 0.245. The highest BCUT2D eigenvalue weighted by Crippen LogP contribution is 2.37. The fourth-order valence-electron chi connectivity index (χ4n) is 2.73. The van der Waals surface area contributed by atoms with E-state index >= 15 is 0 Å². The molecule has 1 aliphatic heterocycles. The molecule has 0 saturated carbocycles. The van der Waals surface area contributed by atoms with Crippen molar-refractivity contribution in [2.75, 3.05) is 5.01 Å². The molecule has 5 heteroatoms. The van der Waals surface area contributed by atoms with Gasteiger partial charge in [-0.2, -0.15) is 5.10 Å². The molecule has 0 radical (unpaired) electrons. The summed E-state index contributed by atoms with van der Waals surface area (Å²) in [6, 6.07) is 16.6. The highest BCUT2D eigenvalue weighted by atomic mass is 35.5. The number of rotatable bonds is 4. The van der Waals surface area contributed by atoms with Crippen molar-refractivity contribution >= 4 is 51.7 Å². The smallest absolute Gasteiger partial charge is 0.0923 e. The average molecular weight is 371 g/mol. The third-order valence-electron chi connectivity index (χ3n) is 3.88. The second kappa shape index (κ2) is 6.93. The highest BCUT2D eigenvalue weighted by Gasteiger charge is 2.28. The zero-order chi connectivity index (χ0) is 16.4. The van der Waals surface area contributed by atoms with Gasteiger partial charge in [-0.1, -0.05) is 23.7 Å².